The maximum absolute atomic E-state index is 12.5. The smallest absolute Gasteiger partial charge is 0.226 e. The molecule has 2 heterocycles. The van der Waals surface area contributed by atoms with E-state index in [1.165, 1.54) is 6.42 Å². The van der Waals surface area contributed by atoms with Gasteiger partial charge < -0.3 is 10.1 Å². The first kappa shape index (κ1) is 16.5. The van der Waals surface area contributed by atoms with Gasteiger partial charge in [0.05, 0.1) is 18.1 Å². The highest BCUT2D eigenvalue weighted by Crippen LogP contribution is 2.32. The summed E-state index contributed by atoms with van der Waals surface area (Å²) >= 11 is 0. The molecule has 2 saturated heterocycles. The Morgan fingerprint density at radius 2 is 2.09 bits per heavy atom. The van der Waals surface area contributed by atoms with E-state index in [0.717, 1.165) is 37.5 Å². The number of fused-ring (bicyclic) bond motifs is 2. The van der Waals surface area contributed by atoms with Crippen LogP contribution in [0.1, 0.15) is 32.3 Å². The summed E-state index contributed by atoms with van der Waals surface area (Å²) in [7, 11) is 0. The van der Waals surface area contributed by atoms with Crippen LogP contribution < -0.4 is 5.32 Å². The SMILES string of the molecule is CC(C)CCN1C[C@H]2C[C@H](C(=O)NCc3ccccc3)[C@@H](C1)O2. The summed E-state index contributed by atoms with van der Waals surface area (Å²) < 4.78 is 6.02. The molecule has 0 aromatic heterocycles. The van der Waals surface area contributed by atoms with Crippen LogP contribution in [0.15, 0.2) is 30.3 Å². The van der Waals surface area contributed by atoms with Crippen LogP contribution in [-0.2, 0) is 16.1 Å². The Kier molecular flexibility index (Phi) is 5.34. The van der Waals surface area contributed by atoms with E-state index in [2.05, 4.69) is 24.1 Å². The fourth-order valence-corrected chi connectivity index (χ4v) is 3.55. The van der Waals surface area contributed by atoms with Crippen molar-refractivity contribution in [2.45, 2.75) is 45.4 Å². The quantitative estimate of drug-likeness (QED) is 0.876. The zero-order chi connectivity index (χ0) is 16.2. The summed E-state index contributed by atoms with van der Waals surface area (Å²) in [6.07, 6.45) is 2.37. The summed E-state index contributed by atoms with van der Waals surface area (Å²) in [4.78, 5) is 15.0. The van der Waals surface area contributed by atoms with Gasteiger partial charge in [-0.3, -0.25) is 9.69 Å². The molecule has 1 aromatic carbocycles. The van der Waals surface area contributed by atoms with E-state index in [-0.39, 0.29) is 24.0 Å². The average Bonchev–Trinajstić information content (AvgIpc) is 2.86. The zero-order valence-electron chi connectivity index (χ0n) is 14.2. The van der Waals surface area contributed by atoms with Crippen molar-refractivity contribution in [3.05, 3.63) is 35.9 Å². The minimum atomic E-state index is 0.00719. The molecule has 0 aliphatic carbocycles. The maximum Gasteiger partial charge on any atom is 0.226 e. The van der Waals surface area contributed by atoms with Crippen LogP contribution in [0.5, 0.6) is 0 Å². The third-order valence-electron chi connectivity index (χ3n) is 4.90. The standard InChI is InChI=1S/C19H28N2O2/c1-14(2)8-9-21-12-16-10-17(18(13-21)23-16)19(22)20-11-15-6-4-3-5-7-15/h3-7,14,16-18H,8-13H2,1-2H3,(H,20,22)/t16-,17+,18-/m1/s1. The van der Waals surface area contributed by atoms with Crippen LogP contribution in [0.25, 0.3) is 0 Å². The van der Waals surface area contributed by atoms with Crippen LogP contribution in [0, 0.1) is 11.8 Å². The van der Waals surface area contributed by atoms with Crippen molar-refractivity contribution in [2.24, 2.45) is 11.8 Å². The second kappa shape index (κ2) is 7.45. The number of likely N-dealkylation sites (tertiary alicyclic amines) is 1. The van der Waals surface area contributed by atoms with Crippen LogP contribution >= 0.6 is 0 Å². The highest BCUT2D eigenvalue weighted by Gasteiger charge is 2.44. The topological polar surface area (TPSA) is 41.6 Å². The molecule has 2 fully saturated rings. The van der Waals surface area contributed by atoms with E-state index in [1.54, 1.807) is 0 Å². The van der Waals surface area contributed by atoms with Crippen LogP contribution in [0.3, 0.4) is 0 Å². The molecule has 1 aromatic rings. The molecule has 3 atom stereocenters. The van der Waals surface area contributed by atoms with Crippen molar-refractivity contribution in [2.75, 3.05) is 19.6 Å². The number of ether oxygens (including phenoxy) is 1. The van der Waals surface area contributed by atoms with Gasteiger partial charge in [-0.1, -0.05) is 44.2 Å². The molecule has 23 heavy (non-hydrogen) atoms. The molecule has 0 saturated carbocycles. The minimum absolute atomic E-state index is 0.00719. The first-order valence-corrected chi connectivity index (χ1v) is 8.81. The first-order valence-electron chi connectivity index (χ1n) is 8.81. The van der Waals surface area contributed by atoms with E-state index in [0.29, 0.717) is 6.54 Å². The molecular weight excluding hydrogens is 288 g/mol. The Morgan fingerprint density at radius 3 is 2.83 bits per heavy atom. The Balaban J connectivity index is 1.50. The molecule has 2 aliphatic rings. The summed E-state index contributed by atoms with van der Waals surface area (Å²) in [6, 6.07) is 10.1. The summed E-state index contributed by atoms with van der Waals surface area (Å²) in [5, 5.41) is 3.08. The second-order valence-electron chi connectivity index (χ2n) is 7.28. The molecule has 2 aliphatic heterocycles. The van der Waals surface area contributed by atoms with Gasteiger partial charge in [-0.25, -0.2) is 0 Å². The Morgan fingerprint density at radius 1 is 1.30 bits per heavy atom. The number of morpholine rings is 1. The minimum Gasteiger partial charge on any atom is -0.371 e. The molecule has 3 rings (SSSR count). The molecule has 4 nitrogen and oxygen atoms in total. The molecule has 0 radical (unpaired) electrons. The fourth-order valence-electron chi connectivity index (χ4n) is 3.55. The van der Waals surface area contributed by atoms with E-state index < -0.39 is 0 Å². The molecule has 1 amide bonds. The van der Waals surface area contributed by atoms with Crippen LogP contribution in [0.4, 0.5) is 0 Å². The van der Waals surface area contributed by atoms with Gasteiger partial charge in [0.1, 0.15) is 0 Å². The van der Waals surface area contributed by atoms with Gasteiger partial charge >= 0.3 is 0 Å². The first-order chi connectivity index (χ1) is 11.1. The Labute approximate surface area is 139 Å². The number of rotatable bonds is 6. The van der Waals surface area contributed by atoms with Crippen LogP contribution in [0.2, 0.25) is 0 Å². The summed E-state index contributed by atoms with van der Waals surface area (Å²) in [5.41, 5.74) is 1.14. The normalized spacial score (nSPS) is 27.3. The van der Waals surface area contributed by atoms with Gasteiger partial charge in [0, 0.05) is 19.6 Å². The van der Waals surface area contributed by atoms with Gasteiger partial charge in [-0.05, 0) is 30.9 Å². The molecule has 2 bridgehead atoms. The van der Waals surface area contributed by atoms with Crippen molar-refractivity contribution < 1.29 is 9.53 Å². The highest BCUT2D eigenvalue weighted by molar-refractivity contribution is 5.79. The monoisotopic (exact) mass is 316 g/mol. The van der Waals surface area contributed by atoms with Gasteiger partial charge in [-0.15, -0.1) is 0 Å². The highest BCUT2D eigenvalue weighted by atomic mass is 16.5. The van der Waals surface area contributed by atoms with Crippen LogP contribution in [-0.4, -0.2) is 42.6 Å². The number of carbonyl (C=O) groups is 1. The Bertz CT molecular complexity index is 517. The lowest BCUT2D eigenvalue weighted by atomic mass is 9.99. The molecule has 0 unspecified atom stereocenters. The lowest BCUT2D eigenvalue weighted by Gasteiger charge is -2.33. The van der Waals surface area contributed by atoms with E-state index >= 15 is 0 Å². The van der Waals surface area contributed by atoms with E-state index in [9.17, 15) is 4.79 Å². The van der Waals surface area contributed by atoms with Crippen molar-refractivity contribution >= 4 is 5.91 Å². The lowest BCUT2D eigenvalue weighted by molar-refractivity contribution is -0.128. The van der Waals surface area contributed by atoms with E-state index in [1.807, 2.05) is 30.3 Å². The average molecular weight is 316 g/mol. The van der Waals surface area contributed by atoms with Gasteiger partial charge in [-0.2, -0.15) is 0 Å². The maximum atomic E-state index is 12.5. The van der Waals surface area contributed by atoms with Crippen molar-refractivity contribution in [1.82, 2.24) is 10.2 Å². The molecule has 0 spiro atoms. The second-order valence-corrected chi connectivity index (χ2v) is 7.28. The number of nitrogens with zero attached hydrogens (tertiary/aromatic N) is 1. The predicted molar refractivity (Wildman–Crippen MR) is 91.0 cm³/mol. The number of amides is 1. The van der Waals surface area contributed by atoms with Crippen molar-refractivity contribution in [3.8, 4) is 0 Å². The van der Waals surface area contributed by atoms with Gasteiger partial charge in [0.2, 0.25) is 5.91 Å². The number of benzene rings is 1. The molecule has 1 N–H and O–H groups in total. The number of carbonyl (C=O) groups excluding carboxylic acids is 1. The number of nitrogens with one attached hydrogen (secondary N) is 1. The third-order valence-corrected chi connectivity index (χ3v) is 4.90. The van der Waals surface area contributed by atoms with Gasteiger partial charge in [0.25, 0.3) is 0 Å². The fraction of sp³-hybridized carbons (Fsp3) is 0.632. The zero-order valence-corrected chi connectivity index (χ0v) is 14.2. The third kappa shape index (κ3) is 4.33. The van der Waals surface area contributed by atoms with Crippen molar-refractivity contribution in [3.63, 3.8) is 0 Å². The summed E-state index contributed by atoms with van der Waals surface area (Å²) in [6.45, 7) is 8.11. The van der Waals surface area contributed by atoms with Gasteiger partial charge in [0.15, 0.2) is 0 Å². The number of hydrogen-bond acceptors (Lipinski definition) is 3. The molecule has 4 heteroatoms. The number of hydrogen-bond donors (Lipinski definition) is 1. The lowest BCUT2D eigenvalue weighted by Crippen LogP contribution is -2.45. The largest absolute Gasteiger partial charge is 0.371 e. The summed E-state index contributed by atoms with van der Waals surface area (Å²) in [5.74, 6) is 0.875. The molecule has 126 valence electrons. The van der Waals surface area contributed by atoms with Crippen molar-refractivity contribution in [1.29, 1.82) is 0 Å². The predicted octanol–water partition coefficient (Wildman–Crippen LogP) is 2.44. The molecular formula is C19H28N2O2. The van der Waals surface area contributed by atoms with E-state index in [4.69, 9.17) is 4.74 Å². The Hall–Kier alpha value is -1.39.